The number of benzene rings is 1. The lowest BCUT2D eigenvalue weighted by molar-refractivity contribution is -0.159. The van der Waals surface area contributed by atoms with Crippen molar-refractivity contribution in [1.29, 1.82) is 0 Å². The number of para-hydroxylation sites is 1. The third kappa shape index (κ3) is 7.67. The molecular weight excluding hydrogens is 388 g/mol. The van der Waals surface area contributed by atoms with Gasteiger partial charge in [-0.2, -0.15) is 0 Å². The molecule has 1 heterocycles. The fourth-order valence-corrected chi connectivity index (χ4v) is 3.91. The third-order valence-corrected chi connectivity index (χ3v) is 5.51. The summed E-state index contributed by atoms with van der Waals surface area (Å²) in [6, 6.07) is 8.71. The molecule has 0 atom stereocenters. The number of amides is 1. The summed E-state index contributed by atoms with van der Waals surface area (Å²) in [5.41, 5.74) is 1.24. The maximum absolute atomic E-state index is 12.4. The summed E-state index contributed by atoms with van der Waals surface area (Å²) in [5.74, 6) is -2.17. The van der Waals surface area contributed by atoms with Crippen molar-refractivity contribution < 1.29 is 29.3 Å². The first-order valence-corrected chi connectivity index (χ1v) is 10.6. The number of nitrogens with one attached hydrogen (secondary N) is 1. The number of rotatable bonds is 6. The molecule has 1 amide bonds. The largest absolute Gasteiger partial charge is 0.494 e. The van der Waals surface area contributed by atoms with Gasteiger partial charge in [0.25, 0.3) is 0 Å². The molecule has 3 N–H and O–H groups in total. The summed E-state index contributed by atoms with van der Waals surface area (Å²) in [6.45, 7) is 5.60. The van der Waals surface area contributed by atoms with E-state index in [4.69, 9.17) is 24.5 Å². The average Bonchev–Trinajstić information content (AvgIpc) is 3.23. The van der Waals surface area contributed by atoms with Gasteiger partial charge in [0.15, 0.2) is 0 Å². The van der Waals surface area contributed by atoms with Gasteiger partial charge < -0.3 is 20.3 Å². The summed E-state index contributed by atoms with van der Waals surface area (Å²) in [7, 11) is 0. The van der Waals surface area contributed by atoms with Gasteiger partial charge in [0.05, 0.1) is 6.61 Å². The van der Waals surface area contributed by atoms with Gasteiger partial charge in [-0.15, -0.1) is 0 Å². The minimum absolute atomic E-state index is 0.198. The zero-order valence-corrected chi connectivity index (χ0v) is 17.5. The maximum atomic E-state index is 12.4. The zero-order chi connectivity index (χ0) is 21.9. The molecule has 8 heteroatoms. The normalized spacial score (nSPS) is 17.6. The van der Waals surface area contributed by atoms with Crippen molar-refractivity contribution in [2.45, 2.75) is 58.0 Å². The highest BCUT2D eigenvalue weighted by Crippen LogP contribution is 2.25. The van der Waals surface area contributed by atoms with E-state index in [1.807, 2.05) is 19.1 Å². The minimum atomic E-state index is -1.82. The van der Waals surface area contributed by atoms with Crippen LogP contribution in [0, 0.1) is 5.92 Å². The van der Waals surface area contributed by atoms with Gasteiger partial charge in [-0.1, -0.05) is 31.0 Å². The summed E-state index contributed by atoms with van der Waals surface area (Å²) >= 11 is 0. The standard InChI is InChI=1S/C20H30N2O2.C2H2O4/c1-2-24-19-10-6-3-7-17(19)15-22-13-11-16(12-14-22)20(23)21-18-8-4-5-9-18;3-1(4)2(5)6/h3,6-7,10,16,18H,2,4-5,8-9,11-15H2,1H3,(H,21,23);(H,3,4)(H,5,6). The van der Waals surface area contributed by atoms with E-state index in [-0.39, 0.29) is 11.8 Å². The number of carbonyl (C=O) groups excluding carboxylic acids is 1. The van der Waals surface area contributed by atoms with E-state index in [9.17, 15) is 4.79 Å². The van der Waals surface area contributed by atoms with Crippen molar-refractivity contribution in [3.8, 4) is 5.75 Å². The Morgan fingerprint density at radius 1 is 1.03 bits per heavy atom. The molecule has 3 rings (SSSR count). The molecule has 1 saturated heterocycles. The number of likely N-dealkylation sites (tertiary alicyclic amines) is 1. The number of carboxylic acids is 2. The van der Waals surface area contributed by atoms with Crippen LogP contribution in [0.3, 0.4) is 0 Å². The predicted octanol–water partition coefficient (Wildman–Crippen LogP) is 2.51. The van der Waals surface area contributed by atoms with Crippen LogP contribution in [0.15, 0.2) is 24.3 Å². The molecule has 0 bridgehead atoms. The second-order valence-corrected chi connectivity index (χ2v) is 7.69. The van der Waals surface area contributed by atoms with Gasteiger partial charge in [0.1, 0.15) is 5.75 Å². The van der Waals surface area contributed by atoms with Crippen LogP contribution < -0.4 is 10.1 Å². The molecule has 1 aromatic carbocycles. The maximum Gasteiger partial charge on any atom is 0.414 e. The van der Waals surface area contributed by atoms with Gasteiger partial charge >= 0.3 is 11.9 Å². The Labute approximate surface area is 177 Å². The molecule has 1 saturated carbocycles. The quantitative estimate of drug-likeness (QED) is 0.606. The molecule has 8 nitrogen and oxygen atoms in total. The Kier molecular flexibility index (Phi) is 9.60. The molecule has 1 aliphatic heterocycles. The second kappa shape index (κ2) is 12.2. The number of piperidine rings is 1. The van der Waals surface area contributed by atoms with Crippen molar-refractivity contribution in [2.75, 3.05) is 19.7 Å². The highest BCUT2D eigenvalue weighted by molar-refractivity contribution is 6.27. The Morgan fingerprint density at radius 2 is 1.63 bits per heavy atom. The van der Waals surface area contributed by atoms with Gasteiger partial charge in [0.2, 0.25) is 5.91 Å². The fourth-order valence-electron chi connectivity index (χ4n) is 3.91. The van der Waals surface area contributed by atoms with E-state index in [2.05, 4.69) is 22.3 Å². The van der Waals surface area contributed by atoms with E-state index in [1.54, 1.807) is 0 Å². The van der Waals surface area contributed by atoms with Crippen molar-refractivity contribution >= 4 is 17.8 Å². The third-order valence-electron chi connectivity index (χ3n) is 5.51. The summed E-state index contributed by atoms with van der Waals surface area (Å²) < 4.78 is 5.72. The van der Waals surface area contributed by atoms with Crippen molar-refractivity contribution in [1.82, 2.24) is 10.2 Å². The topological polar surface area (TPSA) is 116 Å². The molecule has 2 fully saturated rings. The SMILES string of the molecule is CCOc1ccccc1CN1CCC(C(=O)NC2CCCC2)CC1.O=C(O)C(=O)O. The van der Waals surface area contributed by atoms with E-state index in [0.29, 0.717) is 12.6 Å². The number of nitrogens with zero attached hydrogens (tertiary/aromatic N) is 1. The van der Waals surface area contributed by atoms with Crippen LogP contribution in [0.5, 0.6) is 5.75 Å². The lowest BCUT2D eigenvalue weighted by atomic mass is 9.95. The van der Waals surface area contributed by atoms with Crippen molar-refractivity contribution in [2.24, 2.45) is 5.92 Å². The van der Waals surface area contributed by atoms with E-state index in [0.717, 1.165) is 38.2 Å². The molecule has 166 valence electrons. The number of carboxylic acid groups (broad SMARTS) is 2. The molecule has 1 aliphatic carbocycles. The monoisotopic (exact) mass is 420 g/mol. The Bertz CT molecular complexity index is 697. The van der Waals surface area contributed by atoms with Gasteiger partial charge in [-0.25, -0.2) is 9.59 Å². The van der Waals surface area contributed by atoms with E-state index in [1.165, 1.54) is 31.2 Å². The average molecular weight is 421 g/mol. The number of carbonyl (C=O) groups is 3. The molecule has 30 heavy (non-hydrogen) atoms. The summed E-state index contributed by atoms with van der Waals surface area (Å²) in [5, 5.41) is 18.0. The van der Waals surface area contributed by atoms with Crippen molar-refractivity contribution in [3.05, 3.63) is 29.8 Å². The number of ether oxygens (including phenoxy) is 1. The van der Waals surface area contributed by atoms with Crippen molar-refractivity contribution in [3.63, 3.8) is 0 Å². The molecule has 0 unspecified atom stereocenters. The highest BCUT2D eigenvalue weighted by atomic mass is 16.5. The lowest BCUT2D eigenvalue weighted by Gasteiger charge is -2.32. The molecule has 2 aliphatic rings. The predicted molar refractivity (Wildman–Crippen MR) is 111 cm³/mol. The molecule has 0 spiro atoms. The number of aliphatic carboxylic acids is 2. The van der Waals surface area contributed by atoms with Crippen LogP contribution in [-0.4, -0.2) is 58.7 Å². The lowest BCUT2D eigenvalue weighted by Crippen LogP contribution is -2.43. The Balaban J connectivity index is 0.000000469. The van der Waals surface area contributed by atoms with Crippen LogP contribution in [0.4, 0.5) is 0 Å². The first-order chi connectivity index (χ1) is 14.4. The second-order valence-electron chi connectivity index (χ2n) is 7.69. The highest BCUT2D eigenvalue weighted by Gasteiger charge is 2.27. The zero-order valence-electron chi connectivity index (χ0n) is 17.5. The fraction of sp³-hybridized carbons (Fsp3) is 0.591. The van der Waals surface area contributed by atoms with Gasteiger partial charge in [0, 0.05) is 24.1 Å². The summed E-state index contributed by atoms with van der Waals surface area (Å²) in [4.78, 5) is 33.0. The number of hydrogen-bond acceptors (Lipinski definition) is 5. The first-order valence-electron chi connectivity index (χ1n) is 10.6. The Morgan fingerprint density at radius 3 is 2.20 bits per heavy atom. The minimum Gasteiger partial charge on any atom is -0.494 e. The smallest absolute Gasteiger partial charge is 0.414 e. The molecule has 1 aromatic rings. The van der Waals surface area contributed by atoms with E-state index < -0.39 is 11.9 Å². The van der Waals surface area contributed by atoms with Gasteiger partial charge in [-0.05, 0) is 51.8 Å². The molecular formula is C22H32N2O6. The summed E-state index contributed by atoms with van der Waals surface area (Å²) in [6.07, 6.45) is 6.80. The first kappa shape index (κ1) is 23.7. The van der Waals surface area contributed by atoms with E-state index >= 15 is 0 Å². The molecule has 0 radical (unpaired) electrons. The van der Waals surface area contributed by atoms with Crippen LogP contribution in [0.1, 0.15) is 51.0 Å². The van der Waals surface area contributed by atoms with Crippen LogP contribution >= 0.6 is 0 Å². The van der Waals surface area contributed by atoms with Crippen LogP contribution in [0.2, 0.25) is 0 Å². The molecule has 0 aromatic heterocycles. The van der Waals surface area contributed by atoms with Crippen LogP contribution in [0.25, 0.3) is 0 Å². The number of hydrogen-bond donors (Lipinski definition) is 3. The van der Waals surface area contributed by atoms with Crippen LogP contribution in [-0.2, 0) is 20.9 Å². The van der Waals surface area contributed by atoms with Gasteiger partial charge in [-0.3, -0.25) is 9.69 Å². The Hall–Kier alpha value is -2.61.